The zero-order valence-corrected chi connectivity index (χ0v) is 12.3. The zero-order valence-electron chi connectivity index (χ0n) is 9.87. The van der Waals surface area contributed by atoms with Crippen molar-refractivity contribution in [3.05, 3.63) is 4.60 Å². The Labute approximate surface area is 113 Å². The Kier molecular flexibility index (Phi) is 3.43. The number of likely N-dealkylation sites (N-methyl/N-ethyl adjacent to an activating group) is 1. The Morgan fingerprint density at radius 2 is 1.94 bits per heavy atom. The van der Waals surface area contributed by atoms with Crippen LogP contribution >= 0.6 is 15.9 Å². The molecule has 1 aliphatic heterocycles. The molecule has 0 spiro atoms. The Bertz CT molecular complexity index is 564. The van der Waals surface area contributed by atoms with E-state index >= 15 is 0 Å². The maximum atomic E-state index is 12.4. The Morgan fingerprint density at radius 3 is 2.44 bits per heavy atom. The molecule has 1 aromatic heterocycles. The van der Waals surface area contributed by atoms with E-state index in [1.54, 1.807) is 7.05 Å². The Balaban J connectivity index is 2.36. The minimum atomic E-state index is -3.76. The van der Waals surface area contributed by atoms with Crippen LogP contribution < -0.4 is 0 Å². The minimum absolute atomic E-state index is 0.0418. The molecule has 0 radical (unpaired) electrons. The van der Waals surface area contributed by atoms with E-state index in [0.29, 0.717) is 6.54 Å². The predicted molar refractivity (Wildman–Crippen MR) is 65.1 cm³/mol. The third-order valence-electron chi connectivity index (χ3n) is 2.74. The number of halogens is 1. The van der Waals surface area contributed by atoms with Crippen LogP contribution in [0.5, 0.6) is 0 Å². The van der Waals surface area contributed by atoms with Crippen LogP contribution in [-0.4, -0.2) is 65.2 Å². The maximum Gasteiger partial charge on any atom is 0.263 e. The molecule has 1 aromatic rings. The molecule has 0 aliphatic carbocycles. The molecule has 0 aromatic carbocycles. The fourth-order valence-corrected chi connectivity index (χ4v) is 4.07. The number of sulfonamides is 1. The standard InChI is InChI=1S/C8H12BrN5O3S/c1-12-3-4-14(5-6(12)15)18(16,17)8-7(9)10-11-13(8)2/h3-5H2,1-2H3. The fraction of sp³-hybridized carbons (Fsp3) is 0.625. The number of hydrogen-bond donors (Lipinski definition) is 0. The number of nitrogens with zero attached hydrogens (tertiary/aromatic N) is 5. The van der Waals surface area contributed by atoms with Gasteiger partial charge >= 0.3 is 0 Å². The van der Waals surface area contributed by atoms with Gasteiger partial charge in [-0.15, -0.1) is 5.10 Å². The van der Waals surface area contributed by atoms with Crippen LogP contribution in [0.3, 0.4) is 0 Å². The van der Waals surface area contributed by atoms with Crippen LogP contribution in [0.25, 0.3) is 0 Å². The molecule has 2 rings (SSSR count). The zero-order chi connectivity index (χ0) is 13.5. The normalized spacial score (nSPS) is 18.4. The lowest BCUT2D eigenvalue weighted by Gasteiger charge is -2.30. The van der Waals surface area contributed by atoms with Gasteiger partial charge < -0.3 is 4.90 Å². The summed E-state index contributed by atoms with van der Waals surface area (Å²) in [7, 11) is -0.624. The van der Waals surface area contributed by atoms with Crippen LogP contribution in [0.15, 0.2) is 9.63 Å². The largest absolute Gasteiger partial charge is 0.343 e. The van der Waals surface area contributed by atoms with Gasteiger partial charge in [0.05, 0.1) is 6.54 Å². The summed E-state index contributed by atoms with van der Waals surface area (Å²) in [4.78, 5) is 13.1. The van der Waals surface area contributed by atoms with Gasteiger partial charge in [0.15, 0.2) is 4.60 Å². The molecule has 2 heterocycles. The summed E-state index contributed by atoms with van der Waals surface area (Å²) in [6.07, 6.45) is 0. The number of hydrogen-bond acceptors (Lipinski definition) is 5. The van der Waals surface area contributed by atoms with E-state index in [1.807, 2.05) is 0 Å². The highest BCUT2D eigenvalue weighted by Crippen LogP contribution is 2.23. The highest BCUT2D eigenvalue weighted by atomic mass is 79.9. The van der Waals surface area contributed by atoms with Crippen molar-refractivity contribution in [2.75, 3.05) is 26.7 Å². The Morgan fingerprint density at radius 1 is 1.28 bits per heavy atom. The first-order chi connectivity index (χ1) is 8.34. The van der Waals surface area contributed by atoms with Crippen LogP contribution in [0.1, 0.15) is 0 Å². The van der Waals surface area contributed by atoms with Gasteiger partial charge in [0.1, 0.15) is 0 Å². The highest BCUT2D eigenvalue weighted by molar-refractivity contribution is 9.10. The molecule has 0 N–H and O–H groups in total. The number of piperazine rings is 1. The van der Waals surface area contributed by atoms with Crippen LogP contribution in [0, 0.1) is 0 Å². The average molecular weight is 338 g/mol. The van der Waals surface area contributed by atoms with Crippen molar-refractivity contribution in [1.82, 2.24) is 24.2 Å². The van der Waals surface area contributed by atoms with Crippen molar-refractivity contribution < 1.29 is 13.2 Å². The minimum Gasteiger partial charge on any atom is -0.343 e. The second-order valence-electron chi connectivity index (χ2n) is 3.96. The predicted octanol–water partition coefficient (Wildman–Crippen LogP) is -0.960. The molecule has 0 saturated carbocycles. The van der Waals surface area contributed by atoms with Crippen molar-refractivity contribution >= 4 is 31.9 Å². The fourth-order valence-electron chi connectivity index (χ4n) is 1.66. The second kappa shape index (κ2) is 4.59. The van der Waals surface area contributed by atoms with E-state index in [9.17, 15) is 13.2 Å². The van der Waals surface area contributed by atoms with Gasteiger partial charge in [-0.05, 0) is 15.9 Å². The smallest absolute Gasteiger partial charge is 0.263 e. The molecule has 1 saturated heterocycles. The summed E-state index contributed by atoms with van der Waals surface area (Å²) in [5, 5.41) is 7.23. The van der Waals surface area contributed by atoms with Crippen LogP contribution in [0.4, 0.5) is 0 Å². The van der Waals surface area contributed by atoms with Gasteiger partial charge in [0, 0.05) is 27.2 Å². The van der Waals surface area contributed by atoms with Gasteiger partial charge in [-0.2, -0.15) is 4.31 Å². The lowest BCUT2D eigenvalue weighted by atomic mass is 10.4. The molecule has 1 amide bonds. The van der Waals surface area contributed by atoms with Crippen LogP contribution in [0.2, 0.25) is 0 Å². The third kappa shape index (κ3) is 2.15. The first-order valence-corrected chi connectivity index (χ1v) is 7.36. The molecule has 18 heavy (non-hydrogen) atoms. The summed E-state index contributed by atoms with van der Waals surface area (Å²) in [5.74, 6) is -0.226. The van der Waals surface area contributed by atoms with Gasteiger partial charge in [-0.25, -0.2) is 13.1 Å². The van der Waals surface area contributed by atoms with E-state index in [0.717, 1.165) is 4.31 Å². The number of carbonyl (C=O) groups excluding carboxylic acids is 1. The second-order valence-corrected chi connectivity index (χ2v) is 6.57. The first-order valence-electron chi connectivity index (χ1n) is 5.13. The van der Waals surface area contributed by atoms with E-state index in [2.05, 4.69) is 26.2 Å². The molecule has 1 fully saturated rings. The third-order valence-corrected chi connectivity index (χ3v) is 5.48. The van der Waals surface area contributed by atoms with Crippen molar-refractivity contribution in [3.8, 4) is 0 Å². The molecule has 10 heteroatoms. The highest BCUT2D eigenvalue weighted by Gasteiger charge is 2.35. The summed E-state index contributed by atoms with van der Waals surface area (Å²) >= 11 is 3.05. The topological polar surface area (TPSA) is 88.4 Å². The maximum absolute atomic E-state index is 12.4. The molecule has 1 aliphatic rings. The summed E-state index contributed by atoms with van der Waals surface area (Å²) in [6, 6.07) is 0. The molecule has 0 atom stereocenters. The lowest BCUT2D eigenvalue weighted by molar-refractivity contribution is -0.132. The Hall–Kier alpha value is -1.00. The molecule has 0 bridgehead atoms. The number of aryl methyl sites for hydroxylation is 1. The van der Waals surface area contributed by atoms with Crippen molar-refractivity contribution in [1.29, 1.82) is 0 Å². The molecule has 8 nitrogen and oxygen atoms in total. The van der Waals surface area contributed by atoms with E-state index in [-0.39, 0.29) is 28.6 Å². The number of aromatic nitrogens is 3. The van der Waals surface area contributed by atoms with Crippen LogP contribution in [-0.2, 0) is 21.9 Å². The van der Waals surface area contributed by atoms with Crippen molar-refractivity contribution in [2.24, 2.45) is 7.05 Å². The quantitative estimate of drug-likeness (QED) is 0.693. The van der Waals surface area contributed by atoms with Gasteiger partial charge in [-0.3, -0.25) is 4.79 Å². The van der Waals surface area contributed by atoms with Crippen molar-refractivity contribution in [3.63, 3.8) is 0 Å². The summed E-state index contributed by atoms with van der Waals surface area (Å²) in [6.45, 7) is 0.486. The number of rotatable bonds is 2. The average Bonchev–Trinajstić information content (AvgIpc) is 2.62. The molecule has 0 unspecified atom stereocenters. The first kappa shape index (κ1) is 13.4. The monoisotopic (exact) mass is 337 g/mol. The van der Waals surface area contributed by atoms with E-state index < -0.39 is 10.0 Å². The van der Waals surface area contributed by atoms with E-state index in [4.69, 9.17) is 0 Å². The SMILES string of the molecule is CN1CCN(S(=O)(=O)c2c(Br)nnn2C)CC1=O. The number of carbonyl (C=O) groups is 1. The van der Waals surface area contributed by atoms with Gasteiger partial charge in [0.25, 0.3) is 10.0 Å². The molecular formula is C8H12BrN5O3S. The van der Waals surface area contributed by atoms with Gasteiger partial charge in [0.2, 0.25) is 10.9 Å². The molecule has 100 valence electrons. The summed E-state index contributed by atoms with van der Waals surface area (Å²) in [5.41, 5.74) is 0. The number of amides is 1. The lowest BCUT2D eigenvalue weighted by Crippen LogP contribution is -2.50. The molecular weight excluding hydrogens is 326 g/mol. The summed E-state index contributed by atoms with van der Waals surface area (Å²) < 4.78 is 27.2. The van der Waals surface area contributed by atoms with E-state index in [1.165, 1.54) is 16.6 Å². The van der Waals surface area contributed by atoms with Gasteiger partial charge in [-0.1, -0.05) is 5.21 Å². The van der Waals surface area contributed by atoms with Crippen molar-refractivity contribution in [2.45, 2.75) is 5.03 Å².